The summed E-state index contributed by atoms with van der Waals surface area (Å²) in [6.07, 6.45) is 0.956. The van der Waals surface area contributed by atoms with Crippen LogP contribution in [0.15, 0.2) is 12.1 Å². The summed E-state index contributed by atoms with van der Waals surface area (Å²) in [6.45, 7) is 4.53. The van der Waals surface area contributed by atoms with Crippen molar-refractivity contribution in [1.29, 1.82) is 5.26 Å². The van der Waals surface area contributed by atoms with Crippen molar-refractivity contribution in [2.24, 2.45) is 5.73 Å². The second-order valence-corrected chi connectivity index (χ2v) is 4.52. The molecule has 3 N–H and O–H groups in total. The van der Waals surface area contributed by atoms with Gasteiger partial charge in [0.25, 0.3) is 0 Å². The maximum atomic E-state index is 9.06. The largest absolute Gasteiger partial charge is 0.376 e. The summed E-state index contributed by atoms with van der Waals surface area (Å²) in [6, 6.07) is 5.81. The molecule has 5 heteroatoms. The second kappa shape index (κ2) is 5.34. The first-order valence-electron chi connectivity index (χ1n) is 6.17. The molecule has 96 valence electrons. The van der Waals surface area contributed by atoms with Crippen molar-refractivity contribution >= 4 is 5.82 Å². The molecule has 0 bridgehead atoms. The molecular formula is C13H18N4O. The number of aromatic nitrogens is 1. The number of nitriles is 1. The fraction of sp³-hybridized carbons (Fsp3) is 0.538. The Morgan fingerprint density at radius 1 is 1.61 bits per heavy atom. The van der Waals surface area contributed by atoms with E-state index in [0.717, 1.165) is 12.1 Å². The molecule has 1 aromatic rings. The highest BCUT2D eigenvalue weighted by molar-refractivity contribution is 5.53. The van der Waals surface area contributed by atoms with Gasteiger partial charge in [0.15, 0.2) is 0 Å². The highest BCUT2D eigenvalue weighted by atomic mass is 16.5. The molecule has 1 heterocycles. The first-order chi connectivity index (χ1) is 8.65. The molecule has 2 rings (SSSR count). The Hall–Kier alpha value is -1.64. The summed E-state index contributed by atoms with van der Waals surface area (Å²) < 4.78 is 5.58. The number of hydrogen-bond donors (Lipinski definition) is 2. The number of aryl methyl sites for hydroxylation is 1. The number of ether oxygens (including phenoxy) is 1. The van der Waals surface area contributed by atoms with Crippen molar-refractivity contribution in [2.45, 2.75) is 38.5 Å². The predicted molar refractivity (Wildman–Crippen MR) is 69.1 cm³/mol. The number of nitrogens with two attached hydrogens (primary N) is 1. The summed E-state index contributed by atoms with van der Waals surface area (Å²) in [4.78, 5) is 4.35. The zero-order valence-corrected chi connectivity index (χ0v) is 10.7. The molecule has 1 aliphatic rings. The van der Waals surface area contributed by atoms with Gasteiger partial charge in [0.1, 0.15) is 11.9 Å². The van der Waals surface area contributed by atoms with Gasteiger partial charge in [-0.1, -0.05) is 0 Å². The quantitative estimate of drug-likeness (QED) is 0.833. The van der Waals surface area contributed by atoms with Gasteiger partial charge in [0, 0.05) is 18.3 Å². The predicted octanol–water partition coefficient (Wildman–Crippen LogP) is 1.18. The minimum absolute atomic E-state index is 0.0337. The fourth-order valence-corrected chi connectivity index (χ4v) is 2.14. The Kier molecular flexibility index (Phi) is 3.80. The Morgan fingerprint density at radius 2 is 2.39 bits per heavy atom. The molecule has 5 nitrogen and oxygen atoms in total. The average Bonchev–Trinajstić information content (AvgIpc) is 2.36. The fourth-order valence-electron chi connectivity index (χ4n) is 2.14. The monoisotopic (exact) mass is 246 g/mol. The Labute approximate surface area is 107 Å². The van der Waals surface area contributed by atoms with Crippen molar-refractivity contribution < 1.29 is 4.74 Å². The van der Waals surface area contributed by atoms with Crippen molar-refractivity contribution in [3.05, 3.63) is 23.4 Å². The summed E-state index contributed by atoms with van der Waals surface area (Å²) >= 11 is 0. The van der Waals surface area contributed by atoms with Gasteiger partial charge in [-0.2, -0.15) is 5.26 Å². The van der Waals surface area contributed by atoms with Crippen LogP contribution in [-0.2, 0) is 4.74 Å². The molecule has 1 fully saturated rings. The lowest BCUT2D eigenvalue weighted by atomic mass is 9.83. The van der Waals surface area contributed by atoms with Gasteiger partial charge in [-0.3, -0.25) is 0 Å². The van der Waals surface area contributed by atoms with E-state index in [1.165, 1.54) is 0 Å². The lowest BCUT2D eigenvalue weighted by Gasteiger charge is -2.42. The number of hydrogen-bond acceptors (Lipinski definition) is 5. The SMILES string of the molecule is CCOC1CC(N)C1Nc1nc(C)ccc1C#N. The number of nitrogens with zero attached hydrogens (tertiary/aromatic N) is 2. The number of rotatable bonds is 4. The van der Waals surface area contributed by atoms with Crippen LogP contribution in [0.3, 0.4) is 0 Å². The van der Waals surface area contributed by atoms with E-state index >= 15 is 0 Å². The van der Waals surface area contributed by atoms with Gasteiger partial charge in [0.2, 0.25) is 0 Å². The lowest BCUT2D eigenvalue weighted by molar-refractivity contribution is -0.0127. The van der Waals surface area contributed by atoms with Crippen molar-refractivity contribution in [2.75, 3.05) is 11.9 Å². The molecule has 0 amide bonds. The zero-order chi connectivity index (χ0) is 13.1. The zero-order valence-electron chi connectivity index (χ0n) is 10.7. The molecule has 18 heavy (non-hydrogen) atoms. The first-order valence-corrected chi connectivity index (χ1v) is 6.17. The first kappa shape index (κ1) is 12.8. The Bertz CT molecular complexity index is 467. The Morgan fingerprint density at radius 3 is 3.00 bits per heavy atom. The van der Waals surface area contributed by atoms with Crippen molar-refractivity contribution in [3.63, 3.8) is 0 Å². The number of anilines is 1. The summed E-state index contributed by atoms with van der Waals surface area (Å²) in [7, 11) is 0. The minimum atomic E-state index is 0.0337. The van der Waals surface area contributed by atoms with Crippen LogP contribution in [0.1, 0.15) is 24.6 Å². The highest BCUT2D eigenvalue weighted by Crippen LogP contribution is 2.26. The van der Waals surface area contributed by atoms with Gasteiger partial charge >= 0.3 is 0 Å². The third-order valence-corrected chi connectivity index (χ3v) is 3.21. The number of nitrogens with one attached hydrogen (secondary N) is 1. The topological polar surface area (TPSA) is 84.0 Å². The third-order valence-electron chi connectivity index (χ3n) is 3.21. The number of pyridine rings is 1. The maximum absolute atomic E-state index is 9.06. The summed E-state index contributed by atoms with van der Waals surface area (Å²) in [5.41, 5.74) is 7.38. The van der Waals surface area contributed by atoms with Gasteiger partial charge in [-0.15, -0.1) is 0 Å². The molecule has 1 aliphatic carbocycles. The van der Waals surface area contributed by atoms with Crippen molar-refractivity contribution in [3.8, 4) is 6.07 Å². The van der Waals surface area contributed by atoms with E-state index in [0.29, 0.717) is 18.0 Å². The van der Waals surface area contributed by atoms with Crippen LogP contribution in [0.5, 0.6) is 0 Å². The lowest BCUT2D eigenvalue weighted by Crippen LogP contribution is -2.60. The highest BCUT2D eigenvalue weighted by Gasteiger charge is 2.39. The van der Waals surface area contributed by atoms with Crippen LogP contribution in [-0.4, -0.2) is 29.8 Å². The van der Waals surface area contributed by atoms with Gasteiger partial charge < -0.3 is 15.8 Å². The molecule has 1 aromatic heterocycles. The molecule has 0 radical (unpaired) electrons. The molecule has 0 saturated heterocycles. The summed E-state index contributed by atoms with van der Waals surface area (Å²) in [5, 5.41) is 12.3. The van der Waals surface area contributed by atoms with E-state index in [2.05, 4.69) is 16.4 Å². The molecule has 3 unspecified atom stereocenters. The van der Waals surface area contributed by atoms with Gasteiger partial charge in [-0.25, -0.2) is 4.98 Å². The van der Waals surface area contributed by atoms with E-state index < -0.39 is 0 Å². The summed E-state index contributed by atoms with van der Waals surface area (Å²) in [5.74, 6) is 0.599. The molecule has 1 saturated carbocycles. The molecule has 0 spiro atoms. The minimum Gasteiger partial charge on any atom is -0.376 e. The maximum Gasteiger partial charge on any atom is 0.144 e. The van der Waals surface area contributed by atoms with Gasteiger partial charge in [-0.05, 0) is 32.4 Å². The van der Waals surface area contributed by atoms with E-state index in [-0.39, 0.29) is 18.2 Å². The Balaban J connectivity index is 2.13. The molecular weight excluding hydrogens is 228 g/mol. The molecule has 3 atom stereocenters. The van der Waals surface area contributed by atoms with E-state index in [1.807, 2.05) is 19.9 Å². The van der Waals surface area contributed by atoms with Crippen LogP contribution in [0.25, 0.3) is 0 Å². The normalized spacial score (nSPS) is 26.2. The average molecular weight is 246 g/mol. The van der Waals surface area contributed by atoms with E-state index in [1.54, 1.807) is 6.07 Å². The second-order valence-electron chi connectivity index (χ2n) is 4.52. The smallest absolute Gasteiger partial charge is 0.144 e. The van der Waals surface area contributed by atoms with Crippen molar-refractivity contribution in [1.82, 2.24) is 4.98 Å². The van der Waals surface area contributed by atoms with Crippen LogP contribution in [0.2, 0.25) is 0 Å². The molecule has 0 aliphatic heterocycles. The van der Waals surface area contributed by atoms with E-state index in [4.69, 9.17) is 15.7 Å². The van der Waals surface area contributed by atoms with Crippen LogP contribution in [0.4, 0.5) is 5.82 Å². The van der Waals surface area contributed by atoms with Gasteiger partial charge in [0.05, 0.1) is 17.7 Å². The van der Waals surface area contributed by atoms with Crippen LogP contribution in [0, 0.1) is 18.3 Å². The van der Waals surface area contributed by atoms with Crippen LogP contribution >= 0.6 is 0 Å². The standard InChI is InChI=1S/C13H18N4O/c1-3-18-11-6-10(15)12(11)17-13-9(7-14)5-4-8(2)16-13/h4-5,10-12H,3,6,15H2,1-2H3,(H,16,17). The van der Waals surface area contributed by atoms with Crippen LogP contribution < -0.4 is 11.1 Å². The van der Waals surface area contributed by atoms with E-state index in [9.17, 15) is 0 Å². The molecule has 0 aromatic carbocycles. The third kappa shape index (κ3) is 2.45.